The van der Waals surface area contributed by atoms with Crippen LogP contribution < -0.4 is 5.32 Å². The van der Waals surface area contributed by atoms with Gasteiger partial charge < -0.3 is 15.0 Å². The molecule has 104 valence electrons. The van der Waals surface area contributed by atoms with Crippen molar-refractivity contribution in [3.63, 3.8) is 0 Å². The molecule has 19 heavy (non-hydrogen) atoms. The molecule has 3 heterocycles. The van der Waals surface area contributed by atoms with E-state index >= 15 is 0 Å². The van der Waals surface area contributed by atoms with Crippen molar-refractivity contribution in [2.75, 3.05) is 39.4 Å². The second kappa shape index (κ2) is 5.71. The van der Waals surface area contributed by atoms with E-state index in [1.165, 1.54) is 6.42 Å². The van der Waals surface area contributed by atoms with Gasteiger partial charge in [-0.15, -0.1) is 0 Å². The fourth-order valence-corrected chi connectivity index (χ4v) is 2.70. The van der Waals surface area contributed by atoms with Gasteiger partial charge in [-0.1, -0.05) is 0 Å². The Bertz CT molecular complexity index is 434. The van der Waals surface area contributed by atoms with Crippen LogP contribution in [0.4, 0.5) is 0 Å². The average Bonchev–Trinajstić information content (AvgIpc) is 2.98. The molecule has 2 aliphatic heterocycles. The number of nitrogens with one attached hydrogen (secondary N) is 2. The minimum Gasteiger partial charge on any atom is -0.378 e. The lowest BCUT2D eigenvalue weighted by atomic mass is 9.96. The molecule has 0 saturated carbocycles. The van der Waals surface area contributed by atoms with Crippen molar-refractivity contribution in [3.05, 3.63) is 17.5 Å². The van der Waals surface area contributed by atoms with Gasteiger partial charge in [0.2, 0.25) is 0 Å². The molecule has 2 aliphatic rings. The number of hydrogen-bond donors (Lipinski definition) is 2. The molecule has 1 aromatic heterocycles. The van der Waals surface area contributed by atoms with Gasteiger partial charge in [0.25, 0.3) is 5.91 Å². The highest BCUT2D eigenvalue weighted by Gasteiger charge is 2.23. The third-order valence-electron chi connectivity index (χ3n) is 3.85. The van der Waals surface area contributed by atoms with Gasteiger partial charge >= 0.3 is 0 Å². The van der Waals surface area contributed by atoms with E-state index in [0.29, 0.717) is 37.9 Å². The van der Waals surface area contributed by atoms with Crippen LogP contribution in [-0.2, 0) is 4.74 Å². The van der Waals surface area contributed by atoms with E-state index in [4.69, 9.17) is 4.74 Å². The van der Waals surface area contributed by atoms with Gasteiger partial charge in [-0.3, -0.25) is 9.89 Å². The Morgan fingerprint density at radius 2 is 2.26 bits per heavy atom. The van der Waals surface area contributed by atoms with Gasteiger partial charge in [0, 0.05) is 31.2 Å². The smallest absolute Gasteiger partial charge is 0.274 e. The summed E-state index contributed by atoms with van der Waals surface area (Å²) in [6.07, 6.45) is 2.33. The van der Waals surface area contributed by atoms with Crippen molar-refractivity contribution in [2.24, 2.45) is 0 Å². The maximum Gasteiger partial charge on any atom is 0.274 e. The Balaban J connectivity index is 1.67. The Labute approximate surface area is 112 Å². The predicted molar refractivity (Wildman–Crippen MR) is 70.2 cm³/mol. The average molecular weight is 264 g/mol. The van der Waals surface area contributed by atoms with E-state index in [0.717, 1.165) is 25.2 Å². The number of aromatic nitrogens is 2. The van der Waals surface area contributed by atoms with Crippen LogP contribution in [0.3, 0.4) is 0 Å². The first kappa shape index (κ1) is 12.6. The Hall–Kier alpha value is -1.40. The van der Waals surface area contributed by atoms with Crippen molar-refractivity contribution < 1.29 is 9.53 Å². The first-order valence-corrected chi connectivity index (χ1v) is 6.97. The molecule has 3 rings (SSSR count). The normalized spacial score (nSPS) is 24.4. The second-order valence-electron chi connectivity index (χ2n) is 5.16. The fraction of sp³-hybridized carbons (Fsp3) is 0.692. The zero-order valence-electron chi connectivity index (χ0n) is 11.0. The minimum absolute atomic E-state index is 0.00886. The highest BCUT2D eigenvalue weighted by atomic mass is 16.5. The second-order valence-corrected chi connectivity index (χ2v) is 5.16. The van der Waals surface area contributed by atoms with Crippen LogP contribution in [0, 0.1) is 0 Å². The van der Waals surface area contributed by atoms with Crippen molar-refractivity contribution >= 4 is 5.91 Å². The first-order valence-electron chi connectivity index (χ1n) is 6.97. The summed E-state index contributed by atoms with van der Waals surface area (Å²) in [5.41, 5.74) is 1.60. The van der Waals surface area contributed by atoms with Crippen LogP contribution in [0.5, 0.6) is 0 Å². The monoisotopic (exact) mass is 264 g/mol. The summed E-state index contributed by atoms with van der Waals surface area (Å²) in [6.45, 7) is 4.61. The summed E-state index contributed by atoms with van der Waals surface area (Å²) in [7, 11) is 0. The molecule has 6 nitrogen and oxygen atoms in total. The Morgan fingerprint density at radius 3 is 3.00 bits per heavy atom. The topological polar surface area (TPSA) is 70.2 Å². The van der Waals surface area contributed by atoms with Crippen LogP contribution in [-0.4, -0.2) is 60.4 Å². The number of nitrogens with zero attached hydrogens (tertiary/aromatic N) is 2. The van der Waals surface area contributed by atoms with Crippen molar-refractivity contribution in [1.82, 2.24) is 20.4 Å². The van der Waals surface area contributed by atoms with Gasteiger partial charge in [-0.05, 0) is 25.5 Å². The van der Waals surface area contributed by atoms with Crippen LogP contribution in [0.1, 0.15) is 34.9 Å². The molecule has 0 radical (unpaired) electrons. The van der Waals surface area contributed by atoms with E-state index in [1.807, 2.05) is 11.0 Å². The van der Waals surface area contributed by atoms with Crippen LogP contribution in [0.25, 0.3) is 0 Å². The fourth-order valence-electron chi connectivity index (χ4n) is 2.70. The van der Waals surface area contributed by atoms with Gasteiger partial charge in [0.1, 0.15) is 5.69 Å². The van der Waals surface area contributed by atoms with Crippen molar-refractivity contribution in [2.45, 2.75) is 18.8 Å². The SMILES string of the molecule is O=C(c1cc([C@@H]2CCCNC2)[nH]n1)N1CCOCC1. The molecule has 0 spiro atoms. The summed E-state index contributed by atoms with van der Waals surface area (Å²) < 4.78 is 5.26. The van der Waals surface area contributed by atoms with Crippen LogP contribution in [0.15, 0.2) is 6.07 Å². The van der Waals surface area contributed by atoms with Crippen LogP contribution >= 0.6 is 0 Å². The van der Waals surface area contributed by atoms with Crippen molar-refractivity contribution in [1.29, 1.82) is 0 Å². The van der Waals surface area contributed by atoms with Crippen molar-refractivity contribution in [3.8, 4) is 0 Å². The number of aromatic amines is 1. The number of hydrogen-bond acceptors (Lipinski definition) is 4. The number of H-pyrrole nitrogens is 1. The zero-order valence-corrected chi connectivity index (χ0v) is 11.0. The molecule has 2 saturated heterocycles. The molecule has 1 amide bonds. The number of rotatable bonds is 2. The first-order chi connectivity index (χ1) is 9.34. The highest BCUT2D eigenvalue weighted by molar-refractivity contribution is 5.92. The molecule has 0 aromatic carbocycles. The largest absolute Gasteiger partial charge is 0.378 e. The van der Waals surface area contributed by atoms with E-state index in [-0.39, 0.29) is 5.91 Å². The number of carbonyl (C=O) groups is 1. The Morgan fingerprint density at radius 1 is 1.42 bits per heavy atom. The lowest BCUT2D eigenvalue weighted by Crippen LogP contribution is -2.40. The maximum absolute atomic E-state index is 12.3. The van der Waals surface area contributed by atoms with Crippen LogP contribution in [0.2, 0.25) is 0 Å². The quantitative estimate of drug-likeness (QED) is 0.808. The molecule has 0 aliphatic carbocycles. The van der Waals surface area contributed by atoms with Gasteiger partial charge in [-0.25, -0.2) is 0 Å². The molecule has 0 unspecified atom stereocenters. The number of ether oxygens (including phenoxy) is 1. The van der Waals surface area contributed by atoms with E-state index in [9.17, 15) is 4.79 Å². The third kappa shape index (κ3) is 2.79. The molecular formula is C13H20N4O2. The molecule has 2 fully saturated rings. The highest BCUT2D eigenvalue weighted by Crippen LogP contribution is 2.22. The maximum atomic E-state index is 12.3. The summed E-state index contributed by atoms with van der Waals surface area (Å²) in [4.78, 5) is 14.1. The molecule has 6 heteroatoms. The number of morpholine rings is 1. The zero-order chi connectivity index (χ0) is 13.1. The summed E-state index contributed by atoms with van der Waals surface area (Å²) >= 11 is 0. The lowest BCUT2D eigenvalue weighted by Gasteiger charge is -2.25. The predicted octanol–water partition coefficient (Wildman–Crippen LogP) is 0.349. The summed E-state index contributed by atoms with van der Waals surface area (Å²) in [5, 5.41) is 10.6. The molecule has 2 N–H and O–H groups in total. The van der Waals surface area contributed by atoms with Gasteiger partial charge in [0.05, 0.1) is 13.2 Å². The summed E-state index contributed by atoms with van der Waals surface area (Å²) in [5.74, 6) is 0.460. The van der Waals surface area contributed by atoms with E-state index < -0.39 is 0 Å². The molecule has 1 atom stereocenters. The minimum atomic E-state index is 0.00886. The lowest BCUT2D eigenvalue weighted by molar-refractivity contribution is 0.0299. The van der Waals surface area contributed by atoms with Gasteiger partial charge in [0.15, 0.2) is 0 Å². The number of piperidine rings is 1. The Kier molecular flexibility index (Phi) is 3.79. The standard InChI is InChI=1S/C13H20N4O2/c18-13(17-4-6-19-7-5-17)12-8-11(15-16-12)10-2-1-3-14-9-10/h8,10,14H,1-7,9H2,(H,15,16)/t10-/m1/s1. The van der Waals surface area contributed by atoms with E-state index in [2.05, 4.69) is 15.5 Å². The summed E-state index contributed by atoms with van der Waals surface area (Å²) in [6, 6.07) is 1.91. The van der Waals surface area contributed by atoms with E-state index in [1.54, 1.807) is 0 Å². The number of carbonyl (C=O) groups excluding carboxylic acids is 1. The molecule has 1 aromatic rings. The molecular weight excluding hydrogens is 244 g/mol. The molecule has 0 bridgehead atoms. The number of amides is 1. The third-order valence-corrected chi connectivity index (χ3v) is 3.85. The van der Waals surface area contributed by atoms with Gasteiger partial charge in [-0.2, -0.15) is 5.10 Å².